The van der Waals surface area contributed by atoms with Crippen molar-refractivity contribution in [1.82, 2.24) is 5.32 Å². The molecule has 0 heterocycles. The van der Waals surface area contributed by atoms with Gasteiger partial charge < -0.3 is 10.1 Å². The summed E-state index contributed by atoms with van der Waals surface area (Å²) in [5.74, 6) is 0.0954. The lowest BCUT2D eigenvalue weighted by Gasteiger charge is -2.02. The minimum Gasteiger partial charge on any atom is -0.385 e. The van der Waals surface area contributed by atoms with Crippen molar-refractivity contribution in [2.75, 3.05) is 25.6 Å². The van der Waals surface area contributed by atoms with Crippen LogP contribution < -0.4 is 5.32 Å². The highest BCUT2D eigenvalue weighted by atomic mass is 79.9. The number of amides is 1. The lowest BCUT2D eigenvalue weighted by Crippen LogP contribution is -2.25. The van der Waals surface area contributed by atoms with Gasteiger partial charge in [-0.15, -0.1) is 0 Å². The second-order valence-corrected chi connectivity index (χ2v) is 2.93. The molecular formula is C7H14BrNO2. The maximum atomic E-state index is 10.8. The van der Waals surface area contributed by atoms with Crippen molar-refractivity contribution in [1.29, 1.82) is 0 Å². The van der Waals surface area contributed by atoms with Gasteiger partial charge in [-0.25, -0.2) is 0 Å². The van der Waals surface area contributed by atoms with Crippen LogP contribution >= 0.6 is 15.9 Å². The first-order valence-electron chi connectivity index (χ1n) is 3.63. The van der Waals surface area contributed by atoms with Gasteiger partial charge in [0.2, 0.25) is 5.91 Å². The molecule has 0 aliphatic rings. The molecule has 0 aromatic carbocycles. The summed E-state index contributed by atoms with van der Waals surface area (Å²) in [7, 11) is 1.65. The van der Waals surface area contributed by atoms with Crippen molar-refractivity contribution in [2.45, 2.75) is 12.8 Å². The zero-order chi connectivity index (χ0) is 8.53. The molecular weight excluding hydrogens is 210 g/mol. The predicted octanol–water partition coefficient (Wildman–Crippen LogP) is 0.924. The maximum absolute atomic E-state index is 10.8. The number of hydrogen-bond donors (Lipinski definition) is 1. The number of alkyl halides is 1. The number of hydrogen-bond acceptors (Lipinski definition) is 2. The monoisotopic (exact) mass is 223 g/mol. The number of carbonyl (C=O) groups is 1. The molecule has 1 N–H and O–H groups in total. The highest BCUT2D eigenvalue weighted by Crippen LogP contribution is 1.87. The van der Waals surface area contributed by atoms with E-state index < -0.39 is 0 Å². The molecule has 0 saturated carbocycles. The number of methoxy groups -OCH3 is 1. The molecule has 0 aliphatic carbocycles. The maximum Gasteiger partial charge on any atom is 0.220 e. The van der Waals surface area contributed by atoms with Crippen molar-refractivity contribution in [3.05, 3.63) is 0 Å². The Kier molecular flexibility index (Phi) is 7.95. The smallest absolute Gasteiger partial charge is 0.220 e. The van der Waals surface area contributed by atoms with Gasteiger partial charge in [0, 0.05) is 32.0 Å². The molecule has 11 heavy (non-hydrogen) atoms. The molecule has 3 nitrogen and oxygen atoms in total. The Balaban J connectivity index is 3.04. The topological polar surface area (TPSA) is 38.3 Å². The Morgan fingerprint density at radius 3 is 2.91 bits per heavy atom. The first-order chi connectivity index (χ1) is 5.31. The molecule has 66 valence electrons. The third-order valence-electron chi connectivity index (χ3n) is 1.17. The van der Waals surface area contributed by atoms with Gasteiger partial charge in [0.1, 0.15) is 0 Å². The molecule has 0 rings (SSSR count). The van der Waals surface area contributed by atoms with Crippen LogP contribution in [-0.4, -0.2) is 31.5 Å². The van der Waals surface area contributed by atoms with Gasteiger partial charge in [-0.2, -0.15) is 0 Å². The van der Waals surface area contributed by atoms with Crippen LogP contribution in [0.25, 0.3) is 0 Å². The van der Waals surface area contributed by atoms with E-state index in [4.69, 9.17) is 4.74 Å². The molecule has 0 unspecified atom stereocenters. The second-order valence-electron chi connectivity index (χ2n) is 2.14. The Hall–Kier alpha value is -0.0900. The number of rotatable bonds is 6. The third kappa shape index (κ3) is 7.81. The SMILES string of the molecule is COCCCNC(=O)CCBr. The summed E-state index contributed by atoms with van der Waals surface area (Å²) in [6, 6.07) is 0. The summed E-state index contributed by atoms with van der Waals surface area (Å²) in [4.78, 5) is 10.8. The molecule has 0 saturated heterocycles. The van der Waals surface area contributed by atoms with Gasteiger partial charge >= 0.3 is 0 Å². The second kappa shape index (κ2) is 8.01. The average Bonchev–Trinajstić information content (AvgIpc) is 1.99. The van der Waals surface area contributed by atoms with Gasteiger partial charge in [-0.05, 0) is 6.42 Å². The molecule has 4 heteroatoms. The van der Waals surface area contributed by atoms with E-state index >= 15 is 0 Å². The van der Waals surface area contributed by atoms with E-state index in [1.54, 1.807) is 7.11 Å². The Labute approximate surface area is 75.6 Å². The van der Waals surface area contributed by atoms with E-state index in [0.717, 1.165) is 11.8 Å². The lowest BCUT2D eigenvalue weighted by molar-refractivity contribution is -0.120. The van der Waals surface area contributed by atoms with Crippen molar-refractivity contribution in [2.24, 2.45) is 0 Å². The molecule has 0 spiro atoms. The fourth-order valence-corrected chi connectivity index (χ4v) is 0.979. The number of ether oxygens (including phenoxy) is 1. The first kappa shape index (κ1) is 10.9. The molecule has 0 aromatic heterocycles. The van der Waals surface area contributed by atoms with Crippen LogP contribution in [0.1, 0.15) is 12.8 Å². The van der Waals surface area contributed by atoms with Crippen LogP contribution in [0.5, 0.6) is 0 Å². The summed E-state index contributed by atoms with van der Waals surface area (Å²) < 4.78 is 4.82. The minimum absolute atomic E-state index is 0.0954. The molecule has 0 aromatic rings. The summed E-state index contributed by atoms with van der Waals surface area (Å²) in [6.07, 6.45) is 1.43. The van der Waals surface area contributed by atoms with Crippen LogP contribution in [-0.2, 0) is 9.53 Å². The molecule has 1 amide bonds. The van der Waals surface area contributed by atoms with Gasteiger partial charge in [0.25, 0.3) is 0 Å². The van der Waals surface area contributed by atoms with Gasteiger partial charge in [0.15, 0.2) is 0 Å². The number of halogens is 1. The Morgan fingerprint density at radius 1 is 1.64 bits per heavy atom. The minimum atomic E-state index is 0.0954. The van der Waals surface area contributed by atoms with Gasteiger partial charge in [0.05, 0.1) is 0 Å². The van der Waals surface area contributed by atoms with E-state index in [9.17, 15) is 4.79 Å². The Bertz CT molecular complexity index is 109. The number of nitrogens with one attached hydrogen (secondary N) is 1. The first-order valence-corrected chi connectivity index (χ1v) is 4.75. The molecule has 0 fully saturated rings. The zero-order valence-electron chi connectivity index (χ0n) is 6.73. The summed E-state index contributed by atoms with van der Waals surface area (Å²) in [6.45, 7) is 1.41. The summed E-state index contributed by atoms with van der Waals surface area (Å²) >= 11 is 3.19. The summed E-state index contributed by atoms with van der Waals surface area (Å²) in [5, 5.41) is 3.49. The molecule has 0 radical (unpaired) electrons. The van der Waals surface area contributed by atoms with E-state index in [2.05, 4.69) is 21.2 Å². The standard InChI is InChI=1S/C7H14BrNO2/c1-11-6-2-5-9-7(10)3-4-8/h2-6H2,1H3,(H,9,10). The fourth-order valence-electron chi connectivity index (χ4n) is 0.619. The van der Waals surface area contributed by atoms with E-state index in [1.807, 2.05) is 0 Å². The van der Waals surface area contributed by atoms with Crippen LogP contribution in [0.2, 0.25) is 0 Å². The Morgan fingerprint density at radius 2 is 2.36 bits per heavy atom. The summed E-state index contributed by atoms with van der Waals surface area (Å²) in [5.41, 5.74) is 0. The van der Waals surface area contributed by atoms with Crippen molar-refractivity contribution < 1.29 is 9.53 Å². The molecule has 0 aliphatic heterocycles. The van der Waals surface area contributed by atoms with Crippen molar-refractivity contribution in [3.8, 4) is 0 Å². The largest absolute Gasteiger partial charge is 0.385 e. The normalized spacial score (nSPS) is 9.64. The van der Waals surface area contributed by atoms with Gasteiger partial charge in [-0.1, -0.05) is 15.9 Å². The number of carbonyl (C=O) groups excluding carboxylic acids is 1. The van der Waals surface area contributed by atoms with E-state index in [-0.39, 0.29) is 5.91 Å². The quantitative estimate of drug-likeness (QED) is 0.538. The van der Waals surface area contributed by atoms with Crippen LogP contribution in [0.4, 0.5) is 0 Å². The van der Waals surface area contributed by atoms with E-state index in [1.165, 1.54) is 0 Å². The van der Waals surface area contributed by atoms with Crippen LogP contribution in [0.3, 0.4) is 0 Å². The van der Waals surface area contributed by atoms with Crippen molar-refractivity contribution >= 4 is 21.8 Å². The fraction of sp³-hybridized carbons (Fsp3) is 0.857. The van der Waals surface area contributed by atoms with E-state index in [0.29, 0.717) is 19.6 Å². The van der Waals surface area contributed by atoms with Crippen LogP contribution in [0, 0.1) is 0 Å². The lowest BCUT2D eigenvalue weighted by atomic mass is 10.4. The average molecular weight is 224 g/mol. The predicted molar refractivity (Wildman–Crippen MR) is 47.9 cm³/mol. The molecule has 0 atom stereocenters. The highest BCUT2D eigenvalue weighted by Gasteiger charge is 1.96. The zero-order valence-corrected chi connectivity index (χ0v) is 8.32. The van der Waals surface area contributed by atoms with Gasteiger partial charge in [-0.3, -0.25) is 4.79 Å². The highest BCUT2D eigenvalue weighted by molar-refractivity contribution is 9.09. The van der Waals surface area contributed by atoms with Crippen LogP contribution in [0.15, 0.2) is 0 Å². The molecule has 0 bridgehead atoms. The van der Waals surface area contributed by atoms with Crippen molar-refractivity contribution in [3.63, 3.8) is 0 Å². The third-order valence-corrected chi connectivity index (χ3v) is 1.57.